The van der Waals surface area contributed by atoms with Crippen LogP contribution in [0.25, 0.3) is 0 Å². The van der Waals surface area contributed by atoms with Crippen molar-refractivity contribution in [2.75, 3.05) is 0 Å². The van der Waals surface area contributed by atoms with Gasteiger partial charge in [-0.25, -0.2) is 0 Å². The van der Waals surface area contributed by atoms with Crippen molar-refractivity contribution in [1.82, 2.24) is 4.90 Å². The third kappa shape index (κ3) is 0.802. The molecule has 0 aliphatic carbocycles. The van der Waals surface area contributed by atoms with Crippen LogP contribution in [0.15, 0.2) is 0 Å². The first-order valence-electron chi connectivity index (χ1n) is 4.81. The van der Waals surface area contributed by atoms with Gasteiger partial charge in [-0.1, -0.05) is 0 Å². The van der Waals surface area contributed by atoms with E-state index < -0.39 is 6.10 Å². The monoisotopic (exact) mass is 183 g/mol. The molecule has 4 fully saturated rings. The molecule has 4 saturated heterocycles. The third-order valence-corrected chi connectivity index (χ3v) is 3.55. The van der Waals surface area contributed by atoms with Gasteiger partial charge in [-0.15, -0.1) is 0 Å². The van der Waals surface area contributed by atoms with E-state index in [9.17, 15) is 9.90 Å². The van der Waals surface area contributed by atoms with Gasteiger partial charge in [0.2, 0.25) is 5.91 Å². The Hall–Kier alpha value is -0.610. The highest BCUT2D eigenvalue weighted by Crippen LogP contribution is 2.45. The van der Waals surface area contributed by atoms with E-state index in [1.807, 2.05) is 4.90 Å². The Kier molecular flexibility index (Phi) is 1.34. The van der Waals surface area contributed by atoms with E-state index in [0.29, 0.717) is 6.10 Å². The summed E-state index contributed by atoms with van der Waals surface area (Å²) in [6.45, 7) is 1.57. The standard InChI is InChI=1S/C9H13NO3/c1-4(11)10-6-2-5-3-7(10)9(13-5)8(6)12/h5-9,12H,2-3H2,1H3. The number of piperidine rings is 1. The van der Waals surface area contributed by atoms with Gasteiger partial charge in [0.05, 0.1) is 18.2 Å². The molecule has 4 bridgehead atoms. The highest BCUT2D eigenvalue weighted by atomic mass is 16.5. The highest BCUT2D eigenvalue weighted by Gasteiger charge is 2.60. The predicted octanol–water partition coefficient (Wildman–Crippen LogP) is -0.492. The fourth-order valence-corrected chi connectivity index (χ4v) is 3.12. The molecule has 5 atom stereocenters. The molecule has 0 aromatic heterocycles. The first-order chi connectivity index (χ1) is 6.18. The number of hydrogen-bond acceptors (Lipinski definition) is 3. The average molecular weight is 183 g/mol. The largest absolute Gasteiger partial charge is 0.388 e. The zero-order valence-corrected chi connectivity index (χ0v) is 7.51. The number of aliphatic hydroxyl groups is 1. The molecule has 0 aromatic carbocycles. The highest BCUT2D eigenvalue weighted by molar-refractivity contribution is 5.75. The Balaban J connectivity index is 1.98. The molecule has 5 unspecified atom stereocenters. The van der Waals surface area contributed by atoms with Crippen molar-refractivity contribution >= 4 is 5.91 Å². The fourth-order valence-electron chi connectivity index (χ4n) is 3.12. The van der Waals surface area contributed by atoms with Gasteiger partial charge in [0, 0.05) is 6.92 Å². The lowest BCUT2D eigenvalue weighted by atomic mass is 10.00. The Labute approximate surface area is 76.5 Å². The minimum absolute atomic E-state index is 0.0278. The van der Waals surface area contributed by atoms with E-state index in [1.165, 1.54) is 0 Å². The number of aliphatic hydroxyl groups excluding tert-OH is 1. The number of carbonyl (C=O) groups is 1. The minimum atomic E-state index is -0.451. The van der Waals surface area contributed by atoms with Gasteiger partial charge < -0.3 is 14.7 Å². The number of ether oxygens (including phenoxy) is 1. The SMILES string of the molecule is CC(=O)N1C2CC3CC1C(O3)C2O. The topological polar surface area (TPSA) is 49.8 Å². The normalized spacial score (nSPS) is 51.8. The molecular formula is C9H13NO3. The van der Waals surface area contributed by atoms with Gasteiger partial charge in [0.25, 0.3) is 0 Å². The van der Waals surface area contributed by atoms with E-state index >= 15 is 0 Å². The quantitative estimate of drug-likeness (QED) is 0.551. The molecule has 72 valence electrons. The maximum absolute atomic E-state index is 11.3. The van der Waals surface area contributed by atoms with Crippen LogP contribution in [0.1, 0.15) is 19.8 Å². The maximum atomic E-state index is 11.3. The number of carbonyl (C=O) groups excluding carboxylic acids is 1. The molecule has 0 spiro atoms. The molecule has 4 aliphatic rings. The summed E-state index contributed by atoms with van der Waals surface area (Å²) >= 11 is 0. The number of amides is 1. The molecule has 4 heterocycles. The third-order valence-electron chi connectivity index (χ3n) is 3.55. The molecule has 1 amide bonds. The van der Waals surface area contributed by atoms with E-state index in [-0.39, 0.29) is 24.1 Å². The first-order valence-corrected chi connectivity index (χ1v) is 4.81. The van der Waals surface area contributed by atoms with Crippen molar-refractivity contribution in [1.29, 1.82) is 0 Å². The summed E-state index contributed by atoms with van der Waals surface area (Å²) in [6.07, 6.45) is 1.46. The average Bonchev–Trinajstić information content (AvgIpc) is 2.46. The second kappa shape index (κ2) is 2.25. The van der Waals surface area contributed by atoms with Crippen LogP contribution in [0.2, 0.25) is 0 Å². The molecule has 4 nitrogen and oxygen atoms in total. The van der Waals surface area contributed by atoms with E-state index in [4.69, 9.17) is 4.74 Å². The second-order valence-corrected chi connectivity index (χ2v) is 4.25. The van der Waals surface area contributed by atoms with Crippen molar-refractivity contribution in [3.63, 3.8) is 0 Å². The molecule has 13 heavy (non-hydrogen) atoms. The maximum Gasteiger partial charge on any atom is 0.220 e. The molecular weight excluding hydrogens is 170 g/mol. The van der Waals surface area contributed by atoms with Crippen LogP contribution in [0.4, 0.5) is 0 Å². The van der Waals surface area contributed by atoms with Crippen LogP contribution in [-0.2, 0) is 9.53 Å². The summed E-state index contributed by atoms with van der Waals surface area (Å²) in [4.78, 5) is 13.1. The summed E-state index contributed by atoms with van der Waals surface area (Å²) in [7, 11) is 0. The number of nitrogens with zero attached hydrogens (tertiary/aromatic N) is 1. The summed E-state index contributed by atoms with van der Waals surface area (Å²) in [5.41, 5.74) is 0. The zero-order chi connectivity index (χ0) is 9.16. The summed E-state index contributed by atoms with van der Waals surface area (Å²) < 4.78 is 5.60. The van der Waals surface area contributed by atoms with Gasteiger partial charge in [-0.05, 0) is 12.8 Å². The van der Waals surface area contributed by atoms with Crippen LogP contribution in [0.5, 0.6) is 0 Å². The van der Waals surface area contributed by atoms with Crippen molar-refractivity contribution in [3.05, 3.63) is 0 Å². The fraction of sp³-hybridized carbons (Fsp3) is 0.889. The molecule has 4 aliphatic heterocycles. The van der Waals surface area contributed by atoms with Gasteiger partial charge in [-0.2, -0.15) is 0 Å². The van der Waals surface area contributed by atoms with Crippen LogP contribution in [0.3, 0.4) is 0 Å². The van der Waals surface area contributed by atoms with Crippen LogP contribution < -0.4 is 0 Å². The van der Waals surface area contributed by atoms with Crippen LogP contribution in [0, 0.1) is 0 Å². The molecule has 1 N–H and O–H groups in total. The molecule has 0 radical (unpaired) electrons. The zero-order valence-electron chi connectivity index (χ0n) is 7.51. The molecule has 4 heteroatoms. The van der Waals surface area contributed by atoms with E-state index in [1.54, 1.807) is 6.92 Å². The summed E-state index contributed by atoms with van der Waals surface area (Å²) in [6, 6.07) is 0.177. The smallest absolute Gasteiger partial charge is 0.220 e. The molecule has 4 rings (SSSR count). The Bertz CT molecular complexity index is 266. The van der Waals surface area contributed by atoms with Gasteiger partial charge in [-0.3, -0.25) is 4.79 Å². The Morgan fingerprint density at radius 1 is 1.46 bits per heavy atom. The van der Waals surface area contributed by atoms with Crippen molar-refractivity contribution in [2.24, 2.45) is 0 Å². The lowest BCUT2D eigenvalue weighted by Crippen LogP contribution is -2.48. The summed E-state index contributed by atoms with van der Waals surface area (Å²) in [5, 5.41) is 9.81. The molecule has 0 saturated carbocycles. The molecule has 0 aromatic rings. The van der Waals surface area contributed by atoms with Crippen molar-refractivity contribution in [3.8, 4) is 0 Å². The Morgan fingerprint density at radius 3 is 2.77 bits per heavy atom. The van der Waals surface area contributed by atoms with Crippen molar-refractivity contribution < 1.29 is 14.6 Å². The lowest BCUT2D eigenvalue weighted by molar-refractivity contribution is -0.135. The first kappa shape index (κ1) is 7.76. The van der Waals surface area contributed by atoms with Gasteiger partial charge in [0.1, 0.15) is 12.2 Å². The van der Waals surface area contributed by atoms with Crippen LogP contribution in [-0.4, -0.2) is 46.3 Å². The van der Waals surface area contributed by atoms with Crippen molar-refractivity contribution in [2.45, 2.75) is 50.2 Å². The summed E-state index contributed by atoms with van der Waals surface area (Å²) in [5.74, 6) is 0.0699. The Morgan fingerprint density at radius 2 is 2.15 bits per heavy atom. The lowest BCUT2D eigenvalue weighted by Gasteiger charge is -2.35. The number of rotatable bonds is 0. The van der Waals surface area contributed by atoms with Gasteiger partial charge in [0.15, 0.2) is 0 Å². The number of hydrogen-bond donors (Lipinski definition) is 1. The predicted molar refractivity (Wildman–Crippen MR) is 44.0 cm³/mol. The van der Waals surface area contributed by atoms with Crippen LogP contribution >= 0.6 is 0 Å². The van der Waals surface area contributed by atoms with E-state index in [0.717, 1.165) is 12.8 Å². The van der Waals surface area contributed by atoms with E-state index in [2.05, 4.69) is 0 Å². The minimum Gasteiger partial charge on any atom is -0.388 e. The van der Waals surface area contributed by atoms with Gasteiger partial charge >= 0.3 is 0 Å². The second-order valence-electron chi connectivity index (χ2n) is 4.25.